The van der Waals surface area contributed by atoms with Crippen LogP contribution < -0.4 is 10.6 Å². The maximum atomic E-state index is 13.1. The van der Waals surface area contributed by atoms with Crippen molar-refractivity contribution in [2.45, 2.75) is 43.9 Å². The predicted molar refractivity (Wildman–Crippen MR) is 62.4 cm³/mol. The first-order chi connectivity index (χ1) is 8.79. The number of hydrogen-bond acceptors (Lipinski definition) is 3. The van der Waals surface area contributed by atoms with E-state index in [0.717, 1.165) is 12.8 Å². The average molecular weight is 280 g/mol. The first-order valence-corrected chi connectivity index (χ1v) is 6.57. The Kier molecular flexibility index (Phi) is 3.79. The van der Waals surface area contributed by atoms with Gasteiger partial charge in [-0.1, -0.05) is 12.8 Å². The van der Waals surface area contributed by atoms with Crippen LogP contribution in [0.25, 0.3) is 0 Å². The molecule has 2 rings (SSSR count). The fourth-order valence-electron chi connectivity index (χ4n) is 2.88. The van der Waals surface area contributed by atoms with E-state index in [1.165, 1.54) is 0 Å². The summed E-state index contributed by atoms with van der Waals surface area (Å²) in [6, 6.07) is 0. The second-order valence-electron chi connectivity index (χ2n) is 5.62. The highest BCUT2D eigenvalue weighted by Gasteiger charge is 2.61. The van der Waals surface area contributed by atoms with E-state index < -0.39 is 23.1 Å². The van der Waals surface area contributed by atoms with Crippen LogP contribution in [0.4, 0.5) is 13.2 Å². The van der Waals surface area contributed by atoms with Crippen LogP contribution in [0.2, 0.25) is 0 Å². The van der Waals surface area contributed by atoms with E-state index >= 15 is 0 Å². The Morgan fingerprint density at radius 1 is 1.26 bits per heavy atom. The van der Waals surface area contributed by atoms with Gasteiger partial charge in [-0.25, -0.2) is 0 Å². The van der Waals surface area contributed by atoms with Gasteiger partial charge < -0.3 is 15.7 Å². The molecule has 3 N–H and O–H groups in total. The monoisotopic (exact) mass is 280 g/mol. The molecule has 0 aromatic carbocycles. The molecule has 1 saturated carbocycles. The zero-order chi connectivity index (χ0) is 14.1. The summed E-state index contributed by atoms with van der Waals surface area (Å²) in [5, 5.41) is 15.0. The van der Waals surface area contributed by atoms with Crippen molar-refractivity contribution in [1.29, 1.82) is 0 Å². The third kappa shape index (κ3) is 2.72. The summed E-state index contributed by atoms with van der Waals surface area (Å²) in [6.45, 7) is -0.304. The van der Waals surface area contributed by atoms with Crippen LogP contribution in [0.3, 0.4) is 0 Å². The first-order valence-electron chi connectivity index (χ1n) is 6.57. The number of rotatable bonds is 3. The highest BCUT2D eigenvalue weighted by atomic mass is 19.4. The summed E-state index contributed by atoms with van der Waals surface area (Å²) < 4.78 is 39.3. The number of aliphatic hydroxyl groups is 1. The Bertz CT molecular complexity index is 345. The Morgan fingerprint density at radius 3 is 2.37 bits per heavy atom. The molecule has 0 aromatic heterocycles. The summed E-state index contributed by atoms with van der Waals surface area (Å²) in [4.78, 5) is 11.9. The second-order valence-corrected chi connectivity index (χ2v) is 5.62. The average Bonchev–Trinajstić information content (AvgIpc) is 2.94. The summed E-state index contributed by atoms with van der Waals surface area (Å²) in [5.41, 5.74) is -3.38. The summed E-state index contributed by atoms with van der Waals surface area (Å²) >= 11 is 0. The van der Waals surface area contributed by atoms with Gasteiger partial charge in [0.2, 0.25) is 5.91 Å². The SMILES string of the molecule is O=C(NCC1(O)CCCC1)C1(C(F)(F)F)CCNC1. The number of carbonyl (C=O) groups is 1. The number of amides is 1. The molecule has 2 fully saturated rings. The van der Waals surface area contributed by atoms with Gasteiger partial charge in [0, 0.05) is 13.1 Å². The molecular formula is C12H19F3N2O2. The van der Waals surface area contributed by atoms with Crippen LogP contribution in [0, 0.1) is 5.41 Å². The van der Waals surface area contributed by atoms with E-state index in [2.05, 4.69) is 10.6 Å². The van der Waals surface area contributed by atoms with Gasteiger partial charge in [-0.05, 0) is 25.8 Å². The molecular weight excluding hydrogens is 261 g/mol. The Labute approximate surface area is 109 Å². The maximum Gasteiger partial charge on any atom is 0.404 e. The van der Waals surface area contributed by atoms with Gasteiger partial charge in [0.1, 0.15) is 0 Å². The normalized spacial score (nSPS) is 30.5. The molecule has 0 spiro atoms. The van der Waals surface area contributed by atoms with Crippen molar-refractivity contribution in [3.05, 3.63) is 0 Å². The lowest BCUT2D eigenvalue weighted by Crippen LogP contribution is -2.54. The van der Waals surface area contributed by atoms with Gasteiger partial charge in [-0.15, -0.1) is 0 Å². The molecule has 0 radical (unpaired) electrons. The molecule has 0 aromatic rings. The fraction of sp³-hybridized carbons (Fsp3) is 0.917. The quantitative estimate of drug-likeness (QED) is 0.721. The topological polar surface area (TPSA) is 61.4 Å². The molecule has 1 aliphatic heterocycles. The van der Waals surface area contributed by atoms with E-state index in [1.54, 1.807) is 0 Å². The minimum absolute atomic E-state index is 0.0936. The van der Waals surface area contributed by atoms with Crippen molar-refractivity contribution in [1.82, 2.24) is 10.6 Å². The number of carbonyl (C=O) groups excluding carboxylic acids is 1. The molecule has 0 bridgehead atoms. The van der Waals surface area contributed by atoms with Crippen LogP contribution in [0.1, 0.15) is 32.1 Å². The Morgan fingerprint density at radius 2 is 1.89 bits per heavy atom. The highest BCUT2D eigenvalue weighted by molar-refractivity contribution is 5.84. The lowest BCUT2D eigenvalue weighted by Gasteiger charge is -2.31. The van der Waals surface area contributed by atoms with Gasteiger partial charge in [-0.2, -0.15) is 13.2 Å². The Hall–Kier alpha value is -0.820. The largest absolute Gasteiger partial charge is 0.404 e. The zero-order valence-corrected chi connectivity index (χ0v) is 10.6. The van der Waals surface area contributed by atoms with Crippen molar-refractivity contribution in [2.75, 3.05) is 19.6 Å². The lowest BCUT2D eigenvalue weighted by molar-refractivity contribution is -0.216. The van der Waals surface area contributed by atoms with Gasteiger partial charge in [0.05, 0.1) is 5.60 Å². The number of alkyl halides is 3. The third-order valence-electron chi connectivity index (χ3n) is 4.24. The van der Waals surface area contributed by atoms with E-state index in [0.29, 0.717) is 12.8 Å². The van der Waals surface area contributed by atoms with Crippen molar-refractivity contribution >= 4 is 5.91 Å². The highest BCUT2D eigenvalue weighted by Crippen LogP contribution is 2.43. The maximum absolute atomic E-state index is 13.1. The third-order valence-corrected chi connectivity index (χ3v) is 4.24. The van der Waals surface area contributed by atoms with E-state index in [1.807, 2.05) is 0 Å². The molecule has 1 amide bonds. The van der Waals surface area contributed by atoms with Gasteiger partial charge in [0.25, 0.3) is 0 Å². The van der Waals surface area contributed by atoms with Crippen LogP contribution in [-0.2, 0) is 4.79 Å². The summed E-state index contributed by atoms with van der Waals surface area (Å²) in [6.07, 6.45) is -2.06. The first kappa shape index (κ1) is 14.6. The number of nitrogens with one attached hydrogen (secondary N) is 2. The lowest BCUT2D eigenvalue weighted by atomic mass is 9.85. The molecule has 19 heavy (non-hydrogen) atoms. The summed E-state index contributed by atoms with van der Waals surface area (Å²) in [5.74, 6) is -1.02. The zero-order valence-electron chi connectivity index (χ0n) is 10.6. The number of hydrogen-bond donors (Lipinski definition) is 3. The van der Waals surface area contributed by atoms with Crippen LogP contribution in [0.5, 0.6) is 0 Å². The van der Waals surface area contributed by atoms with Gasteiger partial charge in [0.15, 0.2) is 5.41 Å². The number of halogens is 3. The van der Waals surface area contributed by atoms with Crippen molar-refractivity contribution in [3.63, 3.8) is 0 Å². The van der Waals surface area contributed by atoms with Crippen molar-refractivity contribution in [2.24, 2.45) is 5.41 Å². The fourth-order valence-corrected chi connectivity index (χ4v) is 2.88. The molecule has 7 heteroatoms. The molecule has 1 unspecified atom stereocenters. The molecule has 1 heterocycles. The second kappa shape index (κ2) is 4.94. The van der Waals surface area contributed by atoms with Crippen LogP contribution in [0.15, 0.2) is 0 Å². The van der Waals surface area contributed by atoms with Gasteiger partial charge >= 0.3 is 6.18 Å². The van der Waals surface area contributed by atoms with E-state index in [9.17, 15) is 23.1 Å². The minimum Gasteiger partial charge on any atom is -0.388 e. The van der Waals surface area contributed by atoms with E-state index in [-0.39, 0.29) is 26.1 Å². The molecule has 1 atom stereocenters. The molecule has 1 aliphatic carbocycles. The minimum atomic E-state index is -4.57. The van der Waals surface area contributed by atoms with Crippen LogP contribution in [-0.4, -0.2) is 42.4 Å². The van der Waals surface area contributed by atoms with Crippen LogP contribution >= 0.6 is 0 Å². The predicted octanol–water partition coefficient (Wildman–Crippen LogP) is 0.950. The van der Waals surface area contributed by atoms with Crippen molar-refractivity contribution in [3.8, 4) is 0 Å². The standard InChI is InChI=1S/C12H19F3N2O2/c13-12(14,15)11(5-6-16-8-11)9(18)17-7-10(19)3-1-2-4-10/h16,19H,1-8H2,(H,17,18). The Balaban J connectivity index is 2.01. The molecule has 110 valence electrons. The molecule has 2 aliphatic rings. The van der Waals surface area contributed by atoms with Crippen molar-refractivity contribution < 1.29 is 23.1 Å². The smallest absolute Gasteiger partial charge is 0.388 e. The summed E-state index contributed by atoms with van der Waals surface area (Å²) in [7, 11) is 0. The van der Waals surface area contributed by atoms with Gasteiger partial charge in [-0.3, -0.25) is 4.79 Å². The molecule has 1 saturated heterocycles. The van der Waals surface area contributed by atoms with E-state index in [4.69, 9.17) is 0 Å². The molecule has 4 nitrogen and oxygen atoms in total.